The van der Waals surface area contributed by atoms with E-state index in [1.165, 1.54) is 0 Å². The van der Waals surface area contributed by atoms with Crippen molar-refractivity contribution in [1.82, 2.24) is 10.6 Å². The second kappa shape index (κ2) is 8.04. The molecule has 0 fully saturated rings. The number of carbonyl (C=O) groups is 3. The molecule has 0 bridgehead atoms. The molecule has 0 radical (unpaired) electrons. The highest BCUT2D eigenvalue weighted by molar-refractivity contribution is 5.97. The van der Waals surface area contributed by atoms with Crippen LogP contribution >= 0.6 is 0 Å². The minimum atomic E-state index is -0.894. The molecule has 0 aliphatic rings. The first-order valence-electron chi connectivity index (χ1n) is 6.78. The van der Waals surface area contributed by atoms with Crippen LogP contribution in [-0.4, -0.2) is 35.5 Å². The highest BCUT2D eigenvalue weighted by atomic mass is 16.4. The number of hydrogen-bond donors (Lipinski definition) is 3. The molecular weight excluding hydrogens is 272 g/mol. The maximum absolute atomic E-state index is 11.9. The van der Waals surface area contributed by atoms with Crippen LogP contribution in [0.15, 0.2) is 30.3 Å². The Labute approximate surface area is 123 Å². The summed E-state index contributed by atoms with van der Waals surface area (Å²) in [7, 11) is 0. The standard InChI is InChI=1S/C15H20N2O4/c1-10(15(20)21)8-9-16-13(18)11(2)17-14(19)12-6-4-3-5-7-12/h3-7,10-11H,8-9H2,1-2H3,(H,16,18)(H,17,19)(H,20,21). The summed E-state index contributed by atoms with van der Waals surface area (Å²) < 4.78 is 0. The number of hydrogen-bond acceptors (Lipinski definition) is 3. The first-order chi connectivity index (χ1) is 9.91. The molecule has 2 amide bonds. The van der Waals surface area contributed by atoms with Gasteiger partial charge in [-0.2, -0.15) is 0 Å². The van der Waals surface area contributed by atoms with Crippen molar-refractivity contribution in [2.45, 2.75) is 26.3 Å². The molecule has 114 valence electrons. The Balaban J connectivity index is 2.38. The van der Waals surface area contributed by atoms with Crippen molar-refractivity contribution in [2.24, 2.45) is 5.92 Å². The maximum Gasteiger partial charge on any atom is 0.306 e. The zero-order valence-corrected chi connectivity index (χ0v) is 12.1. The fraction of sp³-hybridized carbons (Fsp3) is 0.400. The van der Waals surface area contributed by atoms with Crippen LogP contribution in [0, 0.1) is 5.92 Å². The van der Waals surface area contributed by atoms with Gasteiger partial charge < -0.3 is 15.7 Å². The second-order valence-corrected chi connectivity index (χ2v) is 4.88. The fourth-order valence-electron chi connectivity index (χ4n) is 1.62. The highest BCUT2D eigenvalue weighted by Crippen LogP contribution is 2.01. The number of carboxylic acid groups (broad SMARTS) is 1. The Kier molecular flexibility index (Phi) is 6.39. The van der Waals surface area contributed by atoms with E-state index in [2.05, 4.69) is 10.6 Å². The van der Waals surface area contributed by atoms with Gasteiger partial charge in [-0.25, -0.2) is 0 Å². The molecule has 0 saturated heterocycles. The molecule has 0 spiro atoms. The summed E-state index contributed by atoms with van der Waals surface area (Å²) in [6, 6.07) is 7.93. The van der Waals surface area contributed by atoms with Crippen LogP contribution in [0.1, 0.15) is 30.6 Å². The summed E-state index contributed by atoms with van der Waals surface area (Å²) in [5.74, 6) is -2.07. The van der Waals surface area contributed by atoms with Crippen LogP contribution in [0.25, 0.3) is 0 Å². The van der Waals surface area contributed by atoms with E-state index >= 15 is 0 Å². The average Bonchev–Trinajstić information content (AvgIpc) is 2.47. The first kappa shape index (κ1) is 16.7. The monoisotopic (exact) mass is 292 g/mol. The predicted octanol–water partition coefficient (Wildman–Crippen LogP) is 1.03. The van der Waals surface area contributed by atoms with Gasteiger partial charge in [0.1, 0.15) is 6.04 Å². The van der Waals surface area contributed by atoms with Gasteiger partial charge in [-0.3, -0.25) is 14.4 Å². The van der Waals surface area contributed by atoms with Gasteiger partial charge in [0.2, 0.25) is 5.91 Å². The van der Waals surface area contributed by atoms with E-state index in [9.17, 15) is 14.4 Å². The lowest BCUT2D eigenvalue weighted by Gasteiger charge is -2.14. The minimum Gasteiger partial charge on any atom is -0.481 e. The van der Waals surface area contributed by atoms with Crippen molar-refractivity contribution in [1.29, 1.82) is 0 Å². The quantitative estimate of drug-likeness (QED) is 0.699. The van der Waals surface area contributed by atoms with Gasteiger partial charge in [0.05, 0.1) is 5.92 Å². The van der Waals surface area contributed by atoms with E-state index in [0.29, 0.717) is 12.0 Å². The summed E-state index contributed by atoms with van der Waals surface area (Å²) in [5, 5.41) is 13.9. The van der Waals surface area contributed by atoms with Crippen molar-refractivity contribution in [3.63, 3.8) is 0 Å². The Morgan fingerprint density at radius 1 is 1.14 bits per heavy atom. The lowest BCUT2D eigenvalue weighted by molar-refractivity contribution is -0.141. The number of carboxylic acids is 1. The molecule has 2 unspecified atom stereocenters. The number of nitrogens with one attached hydrogen (secondary N) is 2. The number of rotatable bonds is 7. The summed E-state index contributed by atoms with van der Waals surface area (Å²) in [6.07, 6.45) is 0.348. The van der Waals surface area contributed by atoms with Gasteiger partial charge in [0.25, 0.3) is 5.91 Å². The number of amides is 2. The summed E-state index contributed by atoms with van der Waals surface area (Å²) in [4.78, 5) is 34.3. The van der Waals surface area contributed by atoms with Crippen LogP contribution in [-0.2, 0) is 9.59 Å². The van der Waals surface area contributed by atoms with Crippen molar-refractivity contribution in [3.8, 4) is 0 Å². The van der Waals surface area contributed by atoms with E-state index in [1.807, 2.05) is 0 Å². The van der Waals surface area contributed by atoms with Gasteiger partial charge >= 0.3 is 5.97 Å². The molecule has 0 aliphatic heterocycles. The first-order valence-corrected chi connectivity index (χ1v) is 6.78. The predicted molar refractivity (Wildman–Crippen MR) is 77.8 cm³/mol. The summed E-state index contributed by atoms with van der Waals surface area (Å²) >= 11 is 0. The molecule has 6 nitrogen and oxygen atoms in total. The Morgan fingerprint density at radius 2 is 1.76 bits per heavy atom. The third-order valence-corrected chi connectivity index (χ3v) is 3.08. The number of carbonyl (C=O) groups excluding carboxylic acids is 2. The maximum atomic E-state index is 11.9. The van der Waals surface area contributed by atoms with E-state index in [-0.39, 0.29) is 18.4 Å². The average molecular weight is 292 g/mol. The topological polar surface area (TPSA) is 95.5 Å². The zero-order valence-electron chi connectivity index (χ0n) is 12.1. The lowest BCUT2D eigenvalue weighted by atomic mass is 10.1. The van der Waals surface area contributed by atoms with E-state index in [4.69, 9.17) is 5.11 Å². The van der Waals surface area contributed by atoms with Gasteiger partial charge in [-0.1, -0.05) is 25.1 Å². The van der Waals surface area contributed by atoms with Crippen molar-refractivity contribution in [2.75, 3.05) is 6.54 Å². The summed E-state index contributed by atoms with van der Waals surface area (Å²) in [6.45, 7) is 3.42. The molecule has 1 rings (SSSR count). The van der Waals surface area contributed by atoms with E-state index in [0.717, 1.165) is 0 Å². The number of aliphatic carboxylic acids is 1. The normalized spacial score (nSPS) is 13.0. The van der Waals surface area contributed by atoms with Gasteiger partial charge in [0.15, 0.2) is 0 Å². The van der Waals surface area contributed by atoms with Gasteiger partial charge in [0, 0.05) is 12.1 Å². The molecule has 0 aromatic heterocycles. The molecule has 6 heteroatoms. The van der Waals surface area contributed by atoms with E-state index in [1.54, 1.807) is 44.2 Å². The van der Waals surface area contributed by atoms with Crippen LogP contribution in [0.4, 0.5) is 0 Å². The number of benzene rings is 1. The molecule has 0 aliphatic carbocycles. The highest BCUT2D eigenvalue weighted by Gasteiger charge is 2.17. The van der Waals surface area contributed by atoms with Crippen LogP contribution in [0.2, 0.25) is 0 Å². The van der Waals surface area contributed by atoms with Crippen LogP contribution < -0.4 is 10.6 Å². The molecule has 0 heterocycles. The summed E-state index contributed by atoms with van der Waals surface area (Å²) in [5.41, 5.74) is 0.483. The molecule has 1 aromatic carbocycles. The minimum absolute atomic E-state index is 0.262. The molecule has 0 saturated carbocycles. The van der Waals surface area contributed by atoms with Gasteiger partial charge in [-0.05, 0) is 25.5 Å². The zero-order chi connectivity index (χ0) is 15.8. The fourth-order valence-corrected chi connectivity index (χ4v) is 1.62. The Hall–Kier alpha value is -2.37. The smallest absolute Gasteiger partial charge is 0.306 e. The molecule has 3 N–H and O–H groups in total. The van der Waals surface area contributed by atoms with Gasteiger partial charge in [-0.15, -0.1) is 0 Å². The molecule has 2 atom stereocenters. The second-order valence-electron chi connectivity index (χ2n) is 4.88. The Bertz CT molecular complexity index is 502. The SMILES string of the molecule is CC(CCNC(=O)C(C)NC(=O)c1ccccc1)C(=O)O. The van der Waals surface area contributed by atoms with E-state index < -0.39 is 17.9 Å². The molecule has 21 heavy (non-hydrogen) atoms. The largest absolute Gasteiger partial charge is 0.481 e. The lowest BCUT2D eigenvalue weighted by Crippen LogP contribution is -2.45. The van der Waals surface area contributed by atoms with Crippen LogP contribution in [0.5, 0.6) is 0 Å². The third kappa shape index (κ3) is 5.64. The molecular formula is C15H20N2O4. The van der Waals surface area contributed by atoms with Crippen molar-refractivity contribution >= 4 is 17.8 Å². The Morgan fingerprint density at radius 3 is 2.33 bits per heavy atom. The molecule has 1 aromatic rings. The third-order valence-electron chi connectivity index (χ3n) is 3.08. The van der Waals surface area contributed by atoms with Crippen molar-refractivity contribution in [3.05, 3.63) is 35.9 Å². The van der Waals surface area contributed by atoms with Crippen molar-refractivity contribution < 1.29 is 19.5 Å². The van der Waals surface area contributed by atoms with Crippen LogP contribution in [0.3, 0.4) is 0 Å².